The topological polar surface area (TPSA) is 66.9 Å². The van der Waals surface area contributed by atoms with E-state index in [1.54, 1.807) is 18.2 Å². The summed E-state index contributed by atoms with van der Waals surface area (Å²) in [7, 11) is 0. The van der Waals surface area contributed by atoms with Gasteiger partial charge < -0.3 is 10.6 Å². The van der Waals surface area contributed by atoms with Crippen LogP contribution < -0.4 is 10.6 Å². The molecule has 0 atom stereocenters. The summed E-state index contributed by atoms with van der Waals surface area (Å²) in [6, 6.07) is 6.42. The molecule has 2 heterocycles. The third-order valence-corrected chi connectivity index (χ3v) is 5.56. The van der Waals surface area contributed by atoms with Crippen LogP contribution >= 0.6 is 23.4 Å². The number of rotatable bonds is 5. The van der Waals surface area contributed by atoms with Crippen molar-refractivity contribution in [2.75, 3.05) is 23.4 Å². The van der Waals surface area contributed by atoms with Gasteiger partial charge in [0.05, 0.1) is 5.56 Å². The summed E-state index contributed by atoms with van der Waals surface area (Å²) in [5, 5.41) is 5.67. The molecule has 1 aliphatic rings. The smallest absolute Gasteiger partial charge is 0.352 e. The first-order valence-corrected chi connectivity index (χ1v) is 10.2. The number of benzene rings is 1. The maximum absolute atomic E-state index is 13.5. The van der Waals surface area contributed by atoms with E-state index in [9.17, 15) is 18.0 Å². The first kappa shape index (κ1) is 20.7. The highest BCUT2D eigenvalue weighted by Crippen LogP contribution is 2.31. The van der Waals surface area contributed by atoms with E-state index in [0.717, 1.165) is 30.5 Å². The standard InChI is InChI=1S/C18H18ClF3N4OS/c19-12-2-1-3-13(8-12)25-17-24-10-14(15(26-17)18(20,21)22)16(27)23-9-11-4-6-28-7-5-11/h1-3,8,10-11H,4-7,9H2,(H,23,27)(H,24,25,26). The molecule has 0 radical (unpaired) electrons. The zero-order chi connectivity index (χ0) is 20.1. The van der Waals surface area contributed by atoms with Crippen LogP contribution in [0.4, 0.5) is 24.8 Å². The van der Waals surface area contributed by atoms with Crippen molar-refractivity contribution >= 4 is 40.9 Å². The van der Waals surface area contributed by atoms with Crippen molar-refractivity contribution in [2.45, 2.75) is 19.0 Å². The molecule has 2 aromatic rings. The minimum atomic E-state index is -4.79. The molecule has 0 unspecified atom stereocenters. The Bertz CT molecular complexity index is 844. The fourth-order valence-corrected chi connectivity index (χ4v) is 4.20. The Morgan fingerprint density at radius 3 is 2.71 bits per heavy atom. The lowest BCUT2D eigenvalue weighted by atomic mass is 10.0. The Hall–Kier alpha value is -2.00. The van der Waals surface area contributed by atoms with Crippen LogP contribution in [0, 0.1) is 5.92 Å². The summed E-state index contributed by atoms with van der Waals surface area (Å²) >= 11 is 7.71. The highest BCUT2D eigenvalue weighted by molar-refractivity contribution is 7.99. The first-order valence-electron chi connectivity index (χ1n) is 8.65. The molecule has 1 fully saturated rings. The van der Waals surface area contributed by atoms with E-state index in [1.807, 2.05) is 11.8 Å². The summed E-state index contributed by atoms with van der Waals surface area (Å²) in [4.78, 5) is 19.7. The molecule has 1 aromatic heterocycles. The number of halogens is 4. The van der Waals surface area contributed by atoms with Gasteiger partial charge in [-0.1, -0.05) is 17.7 Å². The Morgan fingerprint density at radius 1 is 1.29 bits per heavy atom. The Labute approximate surface area is 169 Å². The van der Waals surface area contributed by atoms with Crippen molar-refractivity contribution in [3.05, 3.63) is 46.7 Å². The van der Waals surface area contributed by atoms with Gasteiger partial charge in [0.25, 0.3) is 5.91 Å². The van der Waals surface area contributed by atoms with E-state index in [2.05, 4.69) is 20.6 Å². The van der Waals surface area contributed by atoms with Gasteiger partial charge in [-0.05, 0) is 48.5 Å². The van der Waals surface area contributed by atoms with Crippen molar-refractivity contribution < 1.29 is 18.0 Å². The lowest BCUT2D eigenvalue weighted by molar-refractivity contribution is -0.141. The zero-order valence-electron chi connectivity index (χ0n) is 14.7. The normalized spacial score (nSPS) is 15.3. The second-order valence-electron chi connectivity index (χ2n) is 6.35. The SMILES string of the molecule is O=C(NCC1CCSCC1)c1cnc(Nc2cccc(Cl)c2)nc1C(F)(F)F. The maximum atomic E-state index is 13.5. The number of aromatic nitrogens is 2. The fraction of sp³-hybridized carbons (Fsp3) is 0.389. The predicted octanol–water partition coefficient (Wildman–Crippen LogP) is 4.77. The minimum Gasteiger partial charge on any atom is -0.352 e. The molecule has 1 aliphatic heterocycles. The number of nitrogens with zero attached hydrogens (tertiary/aromatic N) is 2. The number of nitrogens with one attached hydrogen (secondary N) is 2. The summed E-state index contributed by atoms with van der Waals surface area (Å²) in [6.07, 6.45) is -2.01. The highest BCUT2D eigenvalue weighted by atomic mass is 35.5. The van der Waals surface area contributed by atoms with Crippen molar-refractivity contribution in [2.24, 2.45) is 5.92 Å². The number of thioether (sulfide) groups is 1. The highest BCUT2D eigenvalue weighted by Gasteiger charge is 2.38. The number of alkyl halides is 3. The first-order chi connectivity index (χ1) is 13.3. The molecular formula is C18H18ClF3N4OS. The van der Waals surface area contributed by atoms with Gasteiger partial charge in [0, 0.05) is 23.5 Å². The average Bonchev–Trinajstić information content (AvgIpc) is 2.66. The largest absolute Gasteiger partial charge is 0.434 e. The van der Waals surface area contributed by atoms with E-state index in [-0.39, 0.29) is 11.9 Å². The van der Waals surface area contributed by atoms with Crippen LogP contribution in [0.25, 0.3) is 0 Å². The molecular weight excluding hydrogens is 413 g/mol. The molecule has 0 spiro atoms. The third-order valence-electron chi connectivity index (χ3n) is 4.27. The van der Waals surface area contributed by atoms with E-state index in [0.29, 0.717) is 17.3 Å². The number of anilines is 2. The van der Waals surface area contributed by atoms with E-state index in [4.69, 9.17) is 11.6 Å². The van der Waals surface area contributed by atoms with Crippen LogP contribution in [0.2, 0.25) is 5.02 Å². The second kappa shape index (κ2) is 9.00. The quantitative estimate of drug-likeness (QED) is 0.715. The summed E-state index contributed by atoms with van der Waals surface area (Å²) in [5.74, 6) is 1.20. The number of hydrogen-bond donors (Lipinski definition) is 2. The number of carbonyl (C=O) groups is 1. The van der Waals surface area contributed by atoms with Crippen molar-refractivity contribution in [1.29, 1.82) is 0 Å². The molecule has 1 saturated heterocycles. The monoisotopic (exact) mass is 430 g/mol. The molecule has 5 nitrogen and oxygen atoms in total. The number of amides is 1. The van der Waals surface area contributed by atoms with Gasteiger partial charge in [0.2, 0.25) is 5.95 Å². The van der Waals surface area contributed by atoms with Crippen molar-refractivity contribution in [3.63, 3.8) is 0 Å². The predicted molar refractivity (Wildman–Crippen MR) is 104 cm³/mol. The third kappa shape index (κ3) is 5.51. The molecule has 1 aromatic carbocycles. The molecule has 2 N–H and O–H groups in total. The molecule has 0 bridgehead atoms. The van der Waals surface area contributed by atoms with Gasteiger partial charge in [0.1, 0.15) is 0 Å². The average molecular weight is 431 g/mol. The van der Waals surface area contributed by atoms with Gasteiger partial charge in [-0.3, -0.25) is 4.79 Å². The lowest BCUT2D eigenvalue weighted by Gasteiger charge is -2.21. The Morgan fingerprint density at radius 2 is 2.04 bits per heavy atom. The lowest BCUT2D eigenvalue weighted by Crippen LogP contribution is -2.33. The van der Waals surface area contributed by atoms with Gasteiger partial charge in [-0.25, -0.2) is 9.97 Å². The second-order valence-corrected chi connectivity index (χ2v) is 8.02. The Kier molecular flexibility index (Phi) is 6.66. The summed E-state index contributed by atoms with van der Waals surface area (Å²) in [5.41, 5.74) is -1.42. The summed E-state index contributed by atoms with van der Waals surface area (Å²) in [6.45, 7) is 0.346. The molecule has 150 valence electrons. The molecule has 1 amide bonds. The number of hydrogen-bond acceptors (Lipinski definition) is 5. The zero-order valence-corrected chi connectivity index (χ0v) is 16.3. The van der Waals surface area contributed by atoms with Gasteiger partial charge in [-0.15, -0.1) is 0 Å². The maximum Gasteiger partial charge on any atom is 0.434 e. The summed E-state index contributed by atoms with van der Waals surface area (Å²) < 4.78 is 40.4. The van der Waals surface area contributed by atoms with Crippen LogP contribution in [0.5, 0.6) is 0 Å². The molecule has 3 rings (SSSR count). The van der Waals surface area contributed by atoms with Crippen LogP contribution in [0.1, 0.15) is 28.9 Å². The van der Waals surface area contributed by atoms with Gasteiger partial charge in [0.15, 0.2) is 5.69 Å². The van der Waals surface area contributed by atoms with Gasteiger partial charge >= 0.3 is 6.18 Å². The fourth-order valence-electron chi connectivity index (χ4n) is 2.80. The minimum absolute atomic E-state index is 0.268. The van der Waals surface area contributed by atoms with Crippen LogP contribution in [0.15, 0.2) is 30.5 Å². The molecule has 28 heavy (non-hydrogen) atoms. The van der Waals surface area contributed by atoms with Crippen LogP contribution in [-0.2, 0) is 6.18 Å². The van der Waals surface area contributed by atoms with E-state index in [1.165, 1.54) is 6.07 Å². The Balaban J connectivity index is 1.77. The van der Waals surface area contributed by atoms with Gasteiger partial charge in [-0.2, -0.15) is 24.9 Å². The molecule has 0 saturated carbocycles. The van der Waals surface area contributed by atoms with Crippen molar-refractivity contribution in [3.8, 4) is 0 Å². The molecule has 10 heteroatoms. The van der Waals surface area contributed by atoms with Crippen LogP contribution in [-0.4, -0.2) is 33.9 Å². The van der Waals surface area contributed by atoms with Crippen molar-refractivity contribution in [1.82, 2.24) is 15.3 Å². The number of carbonyl (C=O) groups excluding carboxylic acids is 1. The van der Waals surface area contributed by atoms with E-state index < -0.39 is 23.3 Å². The molecule has 0 aliphatic carbocycles. The van der Waals surface area contributed by atoms with Crippen LogP contribution in [0.3, 0.4) is 0 Å². The van der Waals surface area contributed by atoms with E-state index >= 15 is 0 Å².